The van der Waals surface area contributed by atoms with Crippen molar-refractivity contribution < 1.29 is 9.53 Å². The lowest BCUT2D eigenvalue weighted by Gasteiger charge is -2.37. The third-order valence-electron chi connectivity index (χ3n) is 4.72. The Hall–Kier alpha value is -1.76. The molecular formula is C19H25N3O2S. The summed E-state index contributed by atoms with van der Waals surface area (Å²) in [7, 11) is 1.72. The number of nitrogens with zero attached hydrogens (tertiary/aromatic N) is 1. The van der Waals surface area contributed by atoms with Crippen LogP contribution >= 0.6 is 11.3 Å². The molecule has 134 valence electrons. The molecule has 1 aliphatic rings. The van der Waals surface area contributed by atoms with Gasteiger partial charge in [-0.2, -0.15) is 0 Å². The van der Waals surface area contributed by atoms with Crippen LogP contribution in [-0.4, -0.2) is 44.2 Å². The normalized spacial score (nSPS) is 16.5. The zero-order valence-electron chi connectivity index (χ0n) is 14.6. The molecule has 0 spiro atoms. The minimum Gasteiger partial charge on any atom is -0.384 e. The molecule has 1 aromatic carbocycles. The molecule has 2 N–H and O–H groups in total. The average molecular weight is 359 g/mol. The van der Waals surface area contributed by atoms with Crippen molar-refractivity contribution in [2.24, 2.45) is 5.41 Å². The Morgan fingerprint density at radius 3 is 2.80 bits per heavy atom. The molecule has 25 heavy (non-hydrogen) atoms. The molecule has 5 nitrogen and oxygen atoms in total. The van der Waals surface area contributed by atoms with Crippen molar-refractivity contribution in [2.45, 2.75) is 19.3 Å². The number of rotatable bonds is 7. The Morgan fingerprint density at radius 2 is 2.08 bits per heavy atom. The standard InChI is InChI=1S/C19H25N3O2S/c1-24-14-19(7-9-20-10-8-19)13-21-18(23)16-12-25-17(22-16)11-15-5-3-2-4-6-15/h2-6,12,20H,7-11,13-14H2,1H3,(H,21,23). The Kier molecular flexibility index (Phi) is 6.18. The highest BCUT2D eigenvalue weighted by Crippen LogP contribution is 2.28. The van der Waals surface area contributed by atoms with E-state index in [0.29, 0.717) is 18.8 Å². The second-order valence-electron chi connectivity index (χ2n) is 6.65. The van der Waals surface area contributed by atoms with Gasteiger partial charge in [-0.05, 0) is 31.5 Å². The minimum atomic E-state index is -0.0930. The van der Waals surface area contributed by atoms with E-state index in [2.05, 4.69) is 27.8 Å². The number of ether oxygens (including phenoxy) is 1. The highest BCUT2D eigenvalue weighted by Gasteiger charge is 2.32. The molecule has 0 unspecified atom stereocenters. The molecule has 1 fully saturated rings. The molecule has 0 aliphatic carbocycles. The fourth-order valence-corrected chi connectivity index (χ4v) is 4.07. The molecule has 1 aromatic heterocycles. The van der Waals surface area contributed by atoms with E-state index in [1.165, 1.54) is 16.9 Å². The van der Waals surface area contributed by atoms with Crippen molar-refractivity contribution in [1.29, 1.82) is 0 Å². The average Bonchev–Trinajstić information content (AvgIpc) is 3.10. The summed E-state index contributed by atoms with van der Waals surface area (Å²) < 4.78 is 5.40. The van der Waals surface area contributed by atoms with Crippen molar-refractivity contribution >= 4 is 17.2 Å². The Labute approximate surface area is 152 Å². The van der Waals surface area contributed by atoms with Crippen molar-refractivity contribution in [3.63, 3.8) is 0 Å². The van der Waals surface area contributed by atoms with E-state index >= 15 is 0 Å². The molecule has 2 heterocycles. The molecule has 1 amide bonds. The lowest BCUT2D eigenvalue weighted by Crippen LogP contribution is -2.47. The largest absolute Gasteiger partial charge is 0.384 e. The van der Waals surface area contributed by atoms with E-state index in [0.717, 1.165) is 37.4 Å². The number of piperidine rings is 1. The number of hydrogen-bond donors (Lipinski definition) is 2. The predicted octanol–water partition coefficient (Wildman–Crippen LogP) is 2.48. The fourth-order valence-electron chi connectivity index (χ4n) is 3.26. The van der Waals surface area contributed by atoms with Crippen LogP contribution in [0.5, 0.6) is 0 Å². The van der Waals surface area contributed by atoms with Gasteiger partial charge in [-0.15, -0.1) is 11.3 Å². The van der Waals surface area contributed by atoms with Gasteiger partial charge in [0.15, 0.2) is 0 Å². The summed E-state index contributed by atoms with van der Waals surface area (Å²) in [5.74, 6) is -0.0930. The van der Waals surface area contributed by atoms with Crippen LogP contribution in [-0.2, 0) is 11.2 Å². The Balaban J connectivity index is 1.58. The number of carbonyl (C=O) groups excluding carboxylic acids is 1. The van der Waals surface area contributed by atoms with E-state index in [-0.39, 0.29) is 11.3 Å². The second kappa shape index (κ2) is 8.56. The van der Waals surface area contributed by atoms with Crippen LogP contribution in [0.3, 0.4) is 0 Å². The molecular weight excluding hydrogens is 334 g/mol. The monoisotopic (exact) mass is 359 g/mol. The second-order valence-corrected chi connectivity index (χ2v) is 7.60. The van der Waals surface area contributed by atoms with Crippen LogP contribution in [0.25, 0.3) is 0 Å². The van der Waals surface area contributed by atoms with E-state index in [1.807, 2.05) is 23.6 Å². The van der Waals surface area contributed by atoms with Gasteiger partial charge in [-0.25, -0.2) is 4.98 Å². The Morgan fingerprint density at radius 1 is 1.32 bits per heavy atom. The highest BCUT2D eigenvalue weighted by atomic mass is 32.1. The number of methoxy groups -OCH3 is 1. The number of amides is 1. The van der Waals surface area contributed by atoms with E-state index in [4.69, 9.17) is 4.74 Å². The van der Waals surface area contributed by atoms with Crippen LogP contribution in [0.2, 0.25) is 0 Å². The van der Waals surface area contributed by atoms with Gasteiger partial charge < -0.3 is 15.4 Å². The highest BCUT2D eigenvalue weighted by molar-refractivity contribution is 7.09. The van der Waals surface area contributed by atoms with Gasteiger partial charge in [0.05, 0.1) is 11.6 Å². The molecule has 2 aromatic rings. The van der Waals surface area contributed by atoms with Gasteiger partial charge in [0.2, 0.25) is 0 Å². The van der Waals surface area contributed by atoms with Crippen LogP contribution in [0.1, 0.15) is 33.9 Å². The maximum Gasteiger partial charge on any atom is 0.270 e. The van der Waals surface area contributed by atoms with Gasteiger partial charge in [0.25, 0.3) is 5.91 Å². The number of benzene rings is 1. The summed E-state index contributed by atoms with van der Waals surface area (Å²) in [5, 5.41) is 9.24. The summed E-state index contributed by atoms with van der Waals surface area (Å²) in [6.07, 6.45) is 2.78. The number of thiazole rings is 1. The lowest BCUT2D eigenvalue weighted by atomic mass is 9.79. The summed E-state index contributed by atoms with van der Waals surface area (Å²) >= 11 is 1.54. The zero-order valence-corrected chi connectivity index (χ0v) is 15.4. The molecule has 0 saturated carbocycles. The van der Waals surface area contributed by atoms with Crippen LogP contribution in [0.4, 0.5) is 0 Å². The van der Waals surface area contributed by atoms with Crippen molar-refractivity contribution in [3.05, 3.63) is 52.0 Å². The maximum atomic E-state index is 12.5. The third kappa shape index (κ3) is 4.87. The Bertz CT molecular complexity index is 675. The smallest absolute Gasteiger partial charge is 0.270 e. The first kappa shape index (κ1) is 18.0. The van der Waals surface area contributed by atoms with E-state index in [1.54, 1.807) is 7.11 Å². The first-order valence-corrected chi connectivity index (χ1v) is 9.55. The zero-order chi connectivity index (χ0) is 17.5. The summed E-state index contributed by atoms with van der Waals surface area (Å²) in [5.41, 5.74) is 1.74. The van der Waals surface area contributed by atoms with E-state index in [9.17, 15) is 4.79 Å². The minimum absolute atomic E-state index is 0.0263. The number of aromatic nitrogens is 1. The van der Waals surface area contributed by atoms with Crippen molar-refractivity contribution in [1.82, 2.24) is 15.6 Å². The summed E-state index contributed by atoms with van der Waals surface area (Å²) in [6.45, 7) is 3.24. The predicted molar refractivity (Wildman–Crippen MR) is 100 cm³/mol. The molecule has 0 atom stereocenters. The topological polar surface area (TPSA) is 63.2 Å². The van der Waals surface area contributed by atoms with Crippen molar-refractivity contribution in [2.75, 3.05) is 33.4 Å². The third-order valence-corrected chi connectivity index (χ3v) is 5.57. The van der Waals surface area contributed by atoms with Crippen LogP contribution in [0, 0.1) is 5.41 Å². The SMILES string of the molecule is COCC1(CNC(=O)c2csc(Cc3ccccc3)n2)CCNCC1. The van der Waals surface area contributed by atoms with Gasteiger partial charge in [-0.1, -0.05) is 30.3 Å². The van der Waals surface area contributed by atoms with Gasteiger partial charge in [0, 0.05) is 30.9 Å². The molecule has 1 saturated heterocycles. The van der Waals surface area contributed by atoms with Crippen LogP contribution in [0.15, 0.2) is 35.7 Å². The first-order chi connectivity index (χ1) is 12.2. The van der Waals surface area contributed by atoms with E-state index < -0.39 is 0 Å². The molecule has 1 aliphatic heterocycles. The summed E-state index contributed by atoms with van der Waals surface area (Å²) in [6, 6.07) is 10.2. The number of carbonyl (C=O) groups is 1. The first-order valence-electron chi connectivity index (χ1n) is 8.67. The van der Waals surface area contributed by atoms with Crippen LogP contribution < -0.4 is 10.6 Å². The number of hydrogen-bond acceptors (Lipinski definition) is 5. The van der Waals surface area contributed by atoms with Gasteiger partial charge >= 0.3 is 0 Å². The maximum absolute atomic E-state index is 12.5. The van der Waals surface area contributed by atoms with Crippen molar-refractivity contribution in [3.8, 4) is 0 Å². The van der Waals surface area contributed by atoms with Gasteiger partial charge in [-0.3, -0.25) is 4.79 Å². The quantitative estimate of drug-likeness (QED) is 0.797. The number of nitrogens with one attached hydrogen (secondary N) is 2. The fraction of sp³-hybridized carbons (Fsp3) is 0.474. The lowest BCUT2D eigenvalue weighted by molar-refractivity contribution is 0.0511. The molecule has 3 rings (SSSR count). The molecule has 0 bridgehead atoms. The molecule has 6 heteroatoms. The summed E-state index contributed by atoms with van der Waals surface area (Å²) in [4.78, 5) is 17.0. The molecule has 0 radical (unpaired) electrons. The van der Waals surface area contributed by atoms with Gasteiger partial charge in [0.1, 0.15) is 5.69 Å².